The molecule has 0 amide bonds. The van der Waals surface area contributed by atoms with Crippen molar-refractivity contribution in [3.8, 4) is 22.4 Å². The molecule has 4 aromatic rings. The van der Waals surface area contributed by atoms with E-state index in [1.807, 2.05) is 42.5 Å². The fourth-order valence-corrected chi connectivity index (χ4v) is 5.29. The average Bonchev–Trinajstić information content (AvgIpc) is 3.30. The number of carbonyl (C=O) groups is 1. The molecule has 3 N–H and O–H groups in total. The third-order valence-electron chi connectivity index (χ3n) is 6.60. The van der Waals surface area contributed by atoms with Crippen LogP contribution >= 0.6 is 15.9 Å². The van der Waals surface area contributed by atoms with Crippen molar-refractivity contribution in [2.75, 3.05) is 5.73 Å². The van der Waals surface area contributed by atoms with Crippen molar-refractivity contribution >= 4 is 33.4 Å². The van der Waals surface area contributed by atoms with Gasteiger partial charge in [0.15, 0.2) is 11.8 Å². The van der Waals surface area contributed by atoms with Gasteiger partial charge >= 0.3 is 5.97 Å². The van der Waals surface area contributed by atoms with Gasteiger partial charge in [-0.15, -0.1) is 0 Å². The molecule has 34 heavy (non-hydrogen) atoms. The van der Waals surface area contributed by atoms with Crippen molar-refractivity contribution in [2.45, 2.75) is 37.8 Å². The summed E-state index contributed by atoms with van der Waals surface area (Å²) in [5.74, 6) is -1.35. The largest absolute Gasteiger partial charge is 0.479 e. The van der Waals surface area contributed by atoms with Crippen molar-refractivity contribution in [3.63, 3.8) is 0 Å². The van der Waals surface area contributed by atoms with E-state index in [0.717, 1.165) is 28.1 Å². The molecule has 1 fully saturated rings. The Hall–Kier alpha value is -3.33. The van der Waals surface area contributed by atoms with Gasteiger partial charge in [0.1, 0.15) is 5.82 Å². The Morgan fingerprint density at radius 2 is 1.82 bits per heavy atom. The summed E-state index contributed by atoms with van der Waals surface area (Å²) in [5.41, 5.74) is 11.4. The first-order valence-corrected chi connectivity index (χ1v) is 11.9. The Bertz CT molecular complexity index is 1340. The lowest BCUT2D eigenvalue weighted by molar-refractivity contribution is -0.145. The SMILES string of the molecule is Nc1c(Br)c(C2CCC([C@H](F)C(=O)O)CC2)nc2c(-c3ccc(-c4ccccc4)nc3)cnn12. The van der Waals surface area contributed by atoms with Crippen LogP contribution in [0, 0.1) is 5.92 Å². The van der Waals surface area contributed by atoms with Gasteiger partial charge < -0.3 is 10.8 Å². The first-order chi connectivity index (χ1) is 16.4. The zero-order valence-corrected chi connectivity index (χ0v) is 19.8. The molecule has 0 aliphatic heterocycles. The highest BCUT2D eigenvalue weighted by Crippen LogP contribution is 2.41. The summed E-state index contributed by atoms with van der Waals surface area (Å²) in [6.07, 6.45) is 4.00. The van der Waals surface area contributed by atoms with Gasteiger partial charge in [-0.2, -0.15) is 9.61 Å². The molecule has 0 saturated heterocycles. The molecule has 1 saturated carbocycles. The molecule has 3 heterocycles. The number of alkyl halides is 1. The predicted molar refractivity (Wildman–Crippen MR) is 131 cm³/mol. The van der Waals surface area contributed by atoms with Crippen molar-refractivity contribution in [1.29, 1.82) is 0 Å². The maximum atomic E-state index is 14.0. The van der Waals surface area contributed by atoms with Crippen LogP contribution in [-0.2, 0) is 4.79 Å². The van der Waals surface area contributed by atoms with Crippen molar-refractivity contribution in [1.82, 2.24) is 19.6 Å². The number of pyridine rings is 1. The first-order valence-electron chi connectivity index (χ1n) is 11.2. The van der Waals surface area contributed by atoms with Crippen molar-refractivity contribution in [3.05, 3.63) is 65.0 Å². The summed E-state index contributed by atoms with van der Waals surface area (Å²) in [7, 11) is 0. The van der Waals surface area contributed by atoms with Crippen LogP contribution in [0.1, 0.15) is 37.3 Å². The maximum Gasteiger partial charge on any atom is 0.338 e. The van der Waals surface area contributed by atoms with Crippen LogP contribution in [0.4, 0.5) is 10.2 Å². The van der Waals surface area contributed by atoms with E-state index in [9.17, 15) is 9.18 Å². The summed E-state index contributed by atoms with van der Waals surface area (Å²) < 4.78 is 16.2. The first kappa shape index (κ1) is 22.5. The van der Waals surface area contributed by atoms with Gasteiger partial charge in [0, 0.05) is 34.7 Å². The smallest absolute Gasteiger partial charge is 0.338 e. The number of hydrogen-bond acceptors (Lipinski definition) is 5. The molecular weight excluding hydrogens is 501 g/mol. The Labute approximate surface area is 204 Å². The zero-order valence-electron chi connectivity index (χ0n) is 18.2. The number of hydrogen-bond donors (Lipinski definition) is 2. The molecule has 0 unspecified atom stereocenters. The standard InChI is InChI=1S/C25H23BrFN5O2/c26-20-22(16-8-6-15(7-9-16)21(27)25(33)34)31-24-18(13-30-32(24)23(20)28)17-10-11-19(29-12-17)14-4-2-1-3-5-14/h1-5,10-13,15-16,21H,6-9,28H2,(H,33,34)/t15?,16?,21-/m0/s1. The van der Waals surface area contributed by atoms with Gasteiger partial charge in [-0.3, -0.25) is 4.98 Å². The van der Waals surface area contributed by atoms with Gasteiger partial charge in [0.2, 0.25) is 0 Å². The molecule has 0 spiro atoms. The minimum absolute atomic E-state index is 0.0558. The number of nitrogens with two attached hydrogens (primary N) is 1. The predicted octanol–water partition coefficient (Wildman–Crippen LogP) is 5.50. The van der Waals surface area contributed by atoms with E-state index in [1.54, 1.807) is 16.9 Å². The molecule has 0 bridgehead atoms. The summed E-state index contributed by atoms with van der Waals surface area (Å²) >= 11 is 3.58. The third kappa shape index (κ3) is 4.04. The lowest BCUT2D eigenvalue weighted by Gasteiger charge is -2.29. The highest BCUT2D eigenvalue weighted by Gasteiger charge is 2.34. The Balaban J connectivity index is 1.46. The normalized spacial score (nSPS) is 19.2. The molecular formula is C25H23BrFN5O2. The molecule has 1 aliphatic carbocycles. The second kappa shape index (κ2) is 9.13. The van der Waals surface area contributed by atoms with E-state index in [0.29, 0.717) is 41.6 Å². The Kier molecular flexibility index (Phi) is 6.03. The van der Waals surface area contributed by atoms with Crippen LogP contribution in [0.15, 0.2) is 59.3 Å². The van der Waals surface area contributed by atoms with Crippen LogP contribution in [0.25, 0.3) is 28.0 Å². The lowest BCUT2D eigenvalue weighted by atomic mass is 9.78. The quantitative estimate of drug-likeness (QED) is 0.357. The topological polar surface area (TPSA) is 106 Å². The average molecular weight is 524 g/mol. The number of carboxylic acids is 1. The van der Waals surface area contributed by atoms with Crippen molar-refractivity contribution in [2.24, 2.45) is 5.92 Å². The highest BCUT2D eigenvalue weighted by molar-refractivity contribution is 9.10. The van der Waals surface area contributed by atoms with E-state index in [2.05, 4.69) is 26.0 Å². The fraction of sp³-hybridized carbons (Fsp3) is 0.280. The van der Waals surface area contributed by atoms with Crippen molar-refractivity contribution < 1.29 is 14.3 Å². The van der Waals surface area contributed by atoms with Gasteiger partial charge in [-0.25, -0.2) is 14.2 Å². The number of fused-ring (bicyclic) bond motifs is 1. The van der Waals surface area contributed by atoms with Gasteiger partial charge in [-0.05, 0) is 47.7 Å². The summed E-state index contributed by atoms with van der Waals surface area (Å²) in [6, 6.07) is 13.9. The number of aromatic nitrogens is 4. The molecule has 5 rings (SSSR count). The molecule has 1 aromatic carbocycles. The summed E-state index contributed by atoms with van der Waals surface area (Å²) in [5, 5.41) is 13.4. The van der Waals surface area contributed by atoms with E-state index >= 15 is 0 Å². The number of aliphatic carboxylic acids is 1. The van der Waals surface area contributed by atoms with Crippen LogP contribution in [0.2, 0.25) is 0 Å². The second-order valence-corrected chi connectivity index (χ2v) is 9.43. The molecule has 7 nitrogen and oxygen atoms in total. The Morgan fingerprint density at radius 3 is 2.47 bits per heavy atom. The van der Waals surface area contributed by atoms with E-state index < -0.39 is 18.1 Å². The van der Waals surface area contributed by atoms with Crippen LogP contribution in [-0.4, -0.2) is 36.8 Å². The van der Waals surface area contributed by atoms with E-state index in [-0.39, 0.29) is 5.92 Å². The van der Waals surface area contributed by atoms with Gasteiger partial charge in [-0.1, -0.05) is 36.4 Å². The second-order valence-electron chi connectivity index (χ2n) is 8.64. The number of halogens is 2. The monoisotopic (exact) mass is 523 g/mol. The van der Waals surface area contributed by atoms with Crippen LogP contribution in [0.5, 0.6) is 0 Å². The summed E-state index contributed by atoms with van der Waals surface area (Å²) in [6.45, 7) is 0. The lowest BCUT2D eigenvalue weighted by Crippen LogP contribution is -2.28. The number of carboxylic acid groups (broad SMARTS) is 1. The zero-order chi connectivity index (χ0) is 23.8. The number of benzene rings is 1. The maximum absolute atomic E-state index is 14.0. The number of anilines is 1. The number of nitrogens with zero attached hydrogens (tertiary/aromatic N) is 4. The minimum Gasteiger partial charge on any atom is -0.479 e. The summed E-state index contributed by atoms with van der Waals surface area (Å²) in [4.78, 5) is 20.5. The molecule has 1 atom stereocenters. The fourth-order valence-electron chi connectivity index (χ4n) is 4.71. The van der Waals surface area contributed by atoms with E-state index in [1.165, 1.54) is 0 Å². The molecule has 174 valence electrons. The van der Waals surface area contributed by atoms with Gasteiger partial charge in [0.05, 0.1) is 22.1 Å². The molecule has 9 heteroatoms. The molecule has 1 aliphatic rings. The highest BCUT2D eigenvalue weighted by atomic mass is 79.9. The van der Waals surface area contributed by atoms with Gasteiger partial charge in [0.25, 0.3) is 0 Å². The third-order valence-corrected chi connectivity index (χ3v) is 7.41. The number of nitrogen functional groups attached to an aromatic ring is 1. The van der Waals surface area contributed by atoms with Crippen LogP contribution in [0.3, 0.4) is 0 Å². The van der Waals surface area contributed by atoms with Crippen LogP contribution < -0.4 is 5.73 Å². The minimum atomic E-state index is -1.82. The number of rotatable bonds is 5. The Morgan fingerprint density at radius 1 is 1.09 bits per heavy atom. The van der Waals surface area contributed by atoms with E-state index in [4.69, 9.17) is 15.8 Å². The molecule has 0 radical (unpaired) electrons. The molecule has 3 aromatic heterocycles.